The first-order valence-corrected chi connectivity index (χ1v) is 6.06. The highest BCUT2D eigenvalue weighted by molar-refractivity contribution is 5.66. The van der Waals surface area contributed by atoms with E-state index in [1.54, 1.807) is 0 Å². The number of ether oxygens (including phenoxy) is 1. The van der Waals surface area contributed by atoms with Gasteiger partial charge in [0.15, 0.2) is 6.10 Å². The van der Waals surface area contributed by atoms with E-state index in [0.717, 1.165) is 6.07 Å². The van der Waals surface area contributed by atoms with Gasteiger partial charge in [-0.25, -0.2) is 4.39 Å². The summed E-state index contributed by atoms with van der Waals surface area (Å²) < 4.78 is 60.9. The van der Waals surface area contributed by atoms with Crippen molar-refractivity contribution in [1.29, 1.82) is 0 Å². The van der Waals surface area contributed by atoms with E-state index in [-0.39, 0.29) is 17.3 Å². The lowest BCUT2D eigenvalue weighted by molar-refractivity contribution is -0.147. The summed E-state index contributed by atoms with van der Waals surface area (Å²) in [5.74, 6) is -2.01. The van der Waals surface area contributed by atoms with Crippen molar-refractivity contribution in [2.75, 3.05) is 0 Å². The van der Waals surface area contributed by atoms with Crippen molar-refractivity contribution in [2.45, 2.75) is 26.1 Å². The number of hydrogen-bond donors (Lipinski definition) is 0. The van der Waals surface area contributed by atoms with Gasteiger partial charge < -0.3 is 9.26 Å². The zero-order valence-electron chi connectivity index (χ0n) is 11.4. The third-order valence-corrected chi connectivity index (χ3v) is 2.62. The van der Waals surface area contributed by atoms with Crippen LogP contribution >= 0.6 is 0 Å². The lowest BCUT2D eigenvalue weighted by Crippen LogP contribution is -2.06. The first kappa shape index (κ1) is 15.9. The number of nitrogens with zero attached hydrogens (tertiary/aromatic N) is 2. The second-order valence-electron chi connectivity index (χ2n) is 4.43. The first-order chi connectivity index (χ1) is 10.2. The molecule has 0 aliphatic carbocycles. The molecule has 1 atom stereocenters. The van der Waals surface area contributed by atoms with Gasteiger partial charge in [-0.15, -0.1) is 0 Å². The lowest BCUT2D eigenvalue weighted by Gasteiger charge is -2.07. The van der Waals surface area contributed by atoms with Crippen molar-refractivity contribution < 1.29 is 31.6 Å². The third-order valence-electron chi connectivity index (χ3n) is 2.62. The summed E-state index contributed by atoms with van der Waals surface area (Å²) in [6.07, 6.45) is -5.57. The molecule has 0 fully saturated rings. The summed E-state index contributed by atoms with van der Waals surface area (Å²) in [7, 11) is 0. The Kier molecular flexibility index (Phi) is 4.16. The van der Waals surface area contributed by atoms with Gasteiger partial charge in [0.25, 0.3) is 5.89 Å². The Morgan fingerprint density at radius 1 is 1.32 bits per heavy atom. The van der Waals surface area contributed by atoms with Crippen molar-refractivity contribution in [3.63, 3.8) is 0 Å². The molecule has 0 bridgehead atoms. The minimum Gasteiger partial charge on any atom is -0.453 e. The Labute approximate surface area is 121 Å². The molecule has 2 rings (SSSR count). The molecule has 0 spiro atoms. The number of carbonyl (C=O) groups excluding carboxylic acids is 1. The van der Waals surface area contributed by atoms with E-state index in [2.05, 4.69) is 10.1 Å². The lowest BCUT2D eigenvalue weighted by atomic mass is 10.1. The van der Waals surface area contributed by atoms with E-state index in [1.807, 2.05) is 0 Å². The average molecular weight is 318 g/mol. The smallest absolute Gasteiger partial charge is 0.416 e. The molecule has 0 saturated carbocycles. The molecule has 0 saturated heterocycles. The third kappa shape index (κ3) is 3.60. The summed E-state index contributed by atoms with van der Waals surface area (Å²) >= 11 is 0. The molecule has 0 aliphatic rings. The standard InChI is InChI=1S/C13H10F4N2O3/c1-6(21-7(2)20)12-18-11(19-22-12)8-3-9(13(15,16)17)5-10(14)4-8/h3-6H,1-2H3/t6-/m0/s1. The maximum absolute atomic E-state index is 13.3. The Hall–Kier alpha value is -2.45. The molecular weight excluding hydrogens is 308 g/mol. The predicted octanol–water partition coefficient (Wildman–Crippen LogP) is 3.52. The number of esters is 1. The zero-order chi connectivity index (χ0) is 16.5. The monoisotopic (exact) mass is 318 g/mol. The largest absolute Gasteiger partial charge is 0.453 e. The summed E-state index contributed by atoms with van der Waals surface area (Å²) in [6, 6.07) is 1.92. The minimum atomic E-state index is -4.70. The van der Waals surface area contributed by atoms with E-state index in [1.165, 1.54) is 13.8 Å². The highest BCUT2D eigenvalue weighted by atomic mass is 19.4. The summed E-state index contributed by atoms with van der Waals surface area (Å²) in [4.78, 5) is 14.6. The molecule has 2 aromatic rings. The second kappa shape index (κ2) is 5.74. The van der Waals surface area contributed by atoms with Crippen molar-refractivity contribution in [2.24, 2.45) is 0 Å². The highest BCUT2D eigenvalue weighted by Gasteiger charge is 2.32. The Bertz CT molecular complexity index is 697. The second-order valence-corrected chi connectivity index (χ2v) is 4.43. The van der Waals surface area contributed by atoms with Crippen LogP contribution in [-0.2, 0) is 15.7 Å². The molecule has 0 radical (unpaired) electrons. The molecule has 22 heavy (non-hydrogen) atoms. The minimum absolute atomic E-state index is 0.108. The number of halogens is 4. The van der Waals surface area contributed by atoms with E-state index in [0.29, 0.717) is 12.1 Å². The summed E-state index contributed by atoms with van der Waals surface area (Å²) in [5.41, 5.74) is -1.36. The molecule has 1 aromatic carbocycles. The van der Waals surface area contributed by atoms with Crippen LogP contribution in [0.2, 0.25) is 0 Å². The topological polar surface area (TPSA) is 65.2 Å². The van der Waals surface area contributed by atoms with Crippen LogP contribution in [-0.4, -0.2) is 16.1 Å². The molecule has 1 heterocycles. The van der Waals surface area contributed by atoms with Gasteiger partial charge in [-0.3, -0.25) is 4.79 Å². The molecule has 1 aromatic heterocycles. The van der Waals surface area contributed by atoms with Crippen molar-refractivity contribution in [1.82, 2.24) is 10.1 Å². The number of carbonyl (C=O) groups is 1. The Morgan fingerprint density at radius 2 is 2.00 bits per heavy atom. The zero-order valence-corrected chi connectivity index (χ0v) is 11.4. The summed E-state index contributed by atoms with van der Waals surface area (Å²) in [6.45, 7) is 2.63. The molecule has 5 nitrogen and oxygen atoms in total. The molecule has 0 N–H and O–H groups in total. The van der Waals surface area contributed by atoms with E-state index in [4.69, 9.17) is 9.26 Å². The molecule has 0 aliphatic heterocycles. The van der Waals surface area contributed by atoms with Gasteiger partial charge >= 0.3 is 12.1 Å². The predicted molar refractivity (Wildman–Crippen MR) is 64.9 cm³/mol. The first-order valence-electron chi connectivity index (χ1n) is 6.06. The number of aromatic nitrogens is 2. The number of benzene rings is 1. The number of rotatable bonds is 3. The molecule has 9 heteroatoms. The fraction of sp³-hybridized carbons (Fsp3) is 0.308. The van der Waals surface area contributed by atoms with Crippen LogP contribution in [0.5, 0.6) is 0 Å². The van der Waals surface area contributed by atoms with Gasteiger partial charge in [-0.05, 0) is 25.1 Å². The van der Waals surface area contributed by atoms with Crippen LogP contribution < -0.4 is 0 Å². The van der Waals surface area contributed by atoms with E-state index in [9.17, 15) is 22.4 Å². The quantitative estimate of drug-likeness (QED) is 0.640. The SMILES string of the molecule is CC(=O)O[C@@H](C)c1nc(-c2cc(F)cc(C(F)(F)F)c2)no1. The van der Waals surface area contributed by atoms with Gasteiger partial charge in [0, 0.05) is 12.5 Å². The fourth-order valence-electron chi connectivity index (χ4n) is 1.70. The van der Waals surface area contributed by atoms with Crippen molar-refractivity contribution in [3.8, 4) is 11.4 Å². The molecule has 0 unspecified atom stereocenters. The van der Waals surface area contributed by atoms with E-state index >= 15 is 0 Å². The fourth-order valence-corrected chi connectivity index (χ4v) is 1.70. The van der Waals surface area contributed by atoms with Crippen LogP contribution in [0.1, 0.15) is 31.4 Å². The van der Waals surface area contributed by atoms with E-state index < -0.39 is 29.6 Å². The van der Waals surface area contributed by atoms with Gasteiger partial charge in [-0.1, -0.05) is 5.16 Å². The van der Waals surface area contributed by atoms with Crippen LogP contribution in [0.25, 0.3) is 11.4 Å². The Morgan fingerprint density at radius 3 is 2.59 bits per heavy atom. The van der Waals surface area contributed by atoms with Gasteiger partial charge in [0.1, 0.15) is 5.82 Å². The Balaban J connectivity index is 2.35. The normalized spacial score (nSPS) is 13.0. The van der Waals surface area contributed by atoms with Gasteiger partial charge in [-0.2, -0.15) is 18.2 Å². The highest BCUT2D eigenvalue weighted by Crippen LogP contribution is 2.32. The molecule has 118 valence electrons. The van der Waals surface area contributed by atoms with Gasteiger partial charge in [0.05, 0.1) is 5.56 Å². The average Bonchev–Trinajstić information content (AvgIpc) is 2.85. The molecule has 0 amide bonds. The van der Waals surface area contributed by atoms with Crippen LogP contribution in [0.15, 0.2) is 22.7 Å². The van der Waals surface area contributed by atoms with Crippen LogP contribution in [0.4, 0.5) is 17.6 Å². The number of alkyl halides is 3. The number of hydrogen-bond acceptors (Lipinski definition) is 5. The van der Waals surface area contributed by atoms with Crippen LogP contribution in [0.3, 0.4) is 0 Å². The van der Waals surface area contributed by atoms with Crippen molar-refractivity contribution >= 4 is 5.97 Å². The van der Waals surface area contributed by atoms with Gasteiger partial charge in [0.2, 0.25) is 5.82 Å². The van der Waals surface area contributed by atoms with Crippen LogP contribution in [0, 0.1) is 5.82 Å². The molecular formula is C13H10F4N2O3. The van der Waals surface area contributed by atoms with Crippen molar-refractivity contribution in [3.05, 3.63) is 35.5 Å². The maximum atomic E-state index is 13.3. The summed E-state index contributed by atoms with van der Waals surface area (Å²) in [5, 5.41) is 3.47. The maximum Gasteiger partial charge on any atom is 0.416 e.